The van der Waals surface area contributed by atoms with Crippen molar-refractivity contribution in [2.24, 2.45) is 0 Å². The molecule has 2 rings (SSSR count). The van der Waals surface area contributed by atoms with Crippen LogP contribution in [-0.2, 0) is 22.4 Å². The standard InChI is InChI=1S/C23H28N4O6/c28-15-18(13-16-7-3-1-4-8-16)24-12-11-20(26-22(30)31)25-19(21(29)27-23(32)33)14-17-9-5-2-6-10-17/h1-10,15,18-20,24-26H,11-14H2,(H,27,29)(H,30,31)(H,32,33). The Bertz CT molecular complexity index is 910. The lowest BCUT2D eigenvalue weighted by atomic mass is 10.0. The van der Waals surface area contributed by atoms with Gasteiger partial charge in [0, 0.05) is 0 Å². The predicted octanol–water partition coefficient (Wildman–Crippen LogP) is 1.37. The van der Waals surface area contributed by atoms with Gasteiger partial charge in [-0.15, -0.1) is 0 Å². The number of carbonyl (C=O) groups excluding carboxylic acids is 2. The summed E-state index contributed by atoms with van der Waals surface area (Å²) in [4.78, 5) is 46.1. The summed E-state index contributed by atoms with van der Waals surface area (Å²) in [5.74, 6) is -0.800. The maximum atomic E-state index is 12.4. The minimum atomic E-state index is -1.50. The number of carbonyl (C=O) groups is 4. The number of carboxylic acid groups (broad SMARTS) is 2. The fourth-order valence-electron chi connectivity index (χ4n) is 3.31. The Kier molecular flexibility index (Phi) is 10.5. The Morgan fingerprint density at radius 1 is 0.848 bits per heavy atom. The van der Waals surface area contributed by atoms with Crippen molar-refractivity contribution in [3.63, 3.8) is 0 Å². The van der Waals surface area contributed by atoms with Crippen LogP contribution in [0.2, 0.25) is 0 Å². The molecule has 3 amide bonds. The average Bonchev–Trinajstić information content (AvgIpc) is 2.78. The lowest BCUT2D eigenvalue weighted by Crippen LogP contribution is -2.56. The van der Waals surface area contributed by atoms with Crippen LogP contribution in [0.1, 0.15) is 17.5 Å². The quantitative estimate of drug-likeness (QED) is 0.195. The van der Waals surface area contributed by atoms with Crippen LogP contribution in [0, 0.1) is 0 Å². The Balaban J connectivity index is 2.01. The van der Waals surface area contributed by atoms with Gasteiger partial charge in [0.05, 0.1) is 18.2 Å². The highest BCUT2D eigenvalue weighted by molar-refractivity contribution is 5.94. The van der Waals surface area contributed by atoms with Crippen molar-refractivity contribution in [2.75, 3.05) is 6.54 Å². The van der Waals surface area contributed by atoms with Crippen molar-refractivity contribution in [3.8, 4) is 0 Å². The summed E-state index contributed by atoms with van der Waals surface area (Å²) < 4.78 is 0. The molecule has 2 aromatic carbocycles. The van der Waals surface area contributed by atoms with Crippen LogP contribution >= 0.6 is 0 Å². The monoisotopic (exact) mass is 456 g/mol. The third-order valence-electron chi connectivity index (χ3n) is 4.83. The van der Waals surface area contributed by atoms with E-state index in [1.54, 1.807) is 24.3 Å². The van der Waals surface area contributed by atoms with Gasteiger partial charge in [-0.2, -0.15) is 0 Å². The van der Waals surface area contributed by atoms with E-state index in [1.165, 1.54) is 0 Å². The number of aldehydes is 1. The number of hydrogen-bond donors (Lipinski definition) is 6. The molecule has 33 heavy (non-hydrogen) atoms. The molecule has 176 valence electrons. The third-order valence-corrected chi connectivity index (χ3v) is 4.83. The predicted molar refractivity (Wildman–Crippen MR) is 121 cm³/mol. The van der Waals surface area contributed by atoms with Gasteiger partial charge < -0.3 is 25.6 Å². The van der Waals surface area contributed by atoms with Gasteiger partial charge in [-0.25, -0.2) is 9.59 Å². The molecule has 0 radical (unpaired) electrons. The Hall–Kier alpha value is -3.76. The molecule has 2 aromatic rings. The van der Waals surface area contributed by atoms with Crippen LogP contribution in [0.5, 0.6) is 0 Å². The van der Waals surface area contributed by atoms with E-state index < -0.39 is 36.3 Å². The van der Waals surface area contributed by atoms with E-state index in [-0.39, 0.29) is 19.4 Å². The zero-order valence-corrected chi connectivity index (χ0v) is 17.9. The van der Waals surface area contributed by atoms with E-state index in [0.717, 1.165) is 17.4 Å². The summed E-state index contributed by atoms with van der Waals surface area (Å²) in [7, 11) is 0. The molecule has 0 heterocycles. The number of nitrogens with one attached hydrogen (secondary N) is 4. The molecule has 0 aliphatic heterocycles. The fourth-order valence-corrected chi connectivity index (χ4v) is 3.31. The van der Waals surface area contributed by atoms with Crippen molar-refractivity contribution in [1.29, 1.82) is 0 Å². The minimum Gasteiger partial charge on any atom is -0.465 e. The van der Waals surface area contributed by atoms with E-state index in [1.807, 2.05) is 41.7 Å². The highest BCUT2D eigenvalue weighted by atomic mass is 16.4. The number of benzene rings is 2. The molecule has 6 N–H and O–H groups in total. The fraction of sp³-hybridized carbons (Fsp3) is 0.304. The summed E-state index contributed by atoms with van der Waals surface area (Å²) >= 11 is 0. The minimum absolute atomic E-state index is 0.149. The van der Waals surface area contributed by atoms with E-state index in [4.69, 9.17) is 5.11 Å². The number of rotatable bonds is 13. The smallest absolute Gasteiger partial charge is 0.411 e. The topological polar surface area (TPSA) is 157 Å². The lowest BCUT2D eigenvalue weighted by molar-refractivity contribution is -0.122. The summed E-state index contributed by atoms with van der Waals surface area (Å²) in [6, 6.07) is 16.9. The molecule has 0 aromatic heterocycles. The van der Waals surface area contributed by atoms with Gasteiger partial charge in [0.15, 0.2) is 0 Å². The second-order valence-electron chi connectivity index (χ2n) is 7.38. The first kappa shape index (κ1) is 25.5. The first-order chi connectivity index (χ1) is 15.9. The molecule has 0 spiro atoms. The largest absolute Gasteiger partial charge is 0.465 e. The van der Waals surface area contributed by atoms with Crippen molar-refractivity contribution in [1.82, 2.24) is 21.3 Å². The molecule has 0 aliphatic rings. The molecular formula is C23H28N4O6. The van der Waals surface area contributed by atoms with Crippen LogP contribution in [0.3, 0.4) is 0 Å². The van der Waals surface area contributed by atoms with Gasteiger partial charge in [-0.3, -0.25) is 15.4 Å². The second kappa shape index (κ2) is 13.6. The second-order valence-corrected chi connectivity index (χ2v) is 7.38. The molecule has 0 fully saturated rings. The van der Waals surface area contributed by atoms with E-state index in [0.29, 0.717) is 6.42 Å². The molecule has 10 heteroatoms. The van der Waals surface area contributed by atoms with Crippen LogP contribution in [-0.4, -0.2) is 59.4 Å². The normalized spacial score (nSPS) is 13.3. The summed E-state index contributed by atoms with van der Waals surface area (Å²) in [6.45, 7) is 0.271. The van der Waals surface area contributed by atoms with E-state index in [2.05, 4.69) is 16.0 Å². The molecule has 0 saturated carbocycles. The van der Waals surface area contributed by atoms with Crippen molar-refractivity contribution in [3.05, 3.63) is 71.8 Å². The van der Waals surface area contributed by atoms with Crippen LogP contribution in [0.4, 0.5) is 9.59 Å². The summed E-state index contributed by atoms with van der Waals surface area (Å²) in [5, 5.41) is 28.2. The Labute approximate surface area is 191 Å². The van der Waals surface area contributed by atoms with Gasteiger partial charge in [-0.05, 0) is 36.9 Å². The van der Waals surface area contributed by atoms with Gasteiger partial charge in [0.2, 0.25) is 5.91 Å². The highest BCUT2D eigenvalue weighted by Gasteiger charge is 2.25. The molecular weight excluding hydrogens is 428 g/mol. The lowest BCUT2D eigenvalue weighted by Gasteiger charge is -2.25. The van der Waals surface area contributed by atoms with Gasteiger partial charge in [0.25, 0.3) is 0 Å². The van der Waals surface area contributed by atoms with E-state index >= 15 is 0 Å². The van der Waals surface area contributed by atoms with Gasteiger partial charge >= 0.3 is 12.2 Å². The number of amides is 3. The molecule has 0 saturated heterocycles. The van der Waals surface area contributed by atoms with Crippen LogP contribution in [0.25, 0.3) is 0 Å². The maximum absolute atomic E-state index is 12.4. The Morgan fingerprint density at radius 2 is 1.42 bits per heavy atom. The SMILES string of the molecule is O=CC(Cc1ccccc1)NCCC(NC(=O)O)NC(Cc1ccccc1)C(=O)NC(=O)O. The maximum Gasteiger partial charge on any atom is 0.411 e. The molecule has 0 bridgehead atoms. The van der Waals surface area contributed by atoms with Crippen molar-refractivity contribution >= 4 is 24.4 Å². The average molecular weight is 456 g/mol. The highest BCUT2D eigenvalue weighted by Crippen LogP contribution is 2.06. The Morgan fingerprint density at radius 3 is 1.94 bits per heavy atom. The zero-order valence-electron chi connectivity index (χ0n) is 17.9. The summed E-state index contributed by atoms with van der Waals surface area (Å²) in [5.41, 5.74) is 1.75. The molecule has 0 aliphatic carbocycles. The number of hydrogen-bond acceptors (Lipinski definition) is 6. The summed E-state index contributed by atoms with van der Waals surface area (Å²) in [6.07, 6.45) is -2.05. The molecule has 3 atom stereocenters. The number of imide groups is 1. The third kappa shape index (κ3) is 9.93. The van der Waals surface area contributed by atoms with Crippen LogP contribution < -0.4 is 21.3 Å². The van der Waals surface area contributed by atoms with Crippen LogP contribution in [0.15, 0.2) is 60.7 Å². The molecule has 3 unspecified atom stereocenters. The van der Waals surface area contributed by atoms with Gasteiger partial charge in [0.1, 0.15) is 6.29 Å². The first-order valence-electron chi connectivity index (χ1n) is 10.4. The zero-order chi connectivity index (χ0) is 24.1. The molecule has 10 nitrogen and oxygen atoms in total. The first-order valence-corrected chi connectivity index (χ1v) is 10.4. The van der Waals surface area contributed by atoms with Crippen molar-refractivity contribution in [2.45, 2.75) is 37.5 Å². The van der Waals surface area contributed by atoms with Crippen molar-refractivity contribution < 1.29 is 29.4 Å². The van der Waals surface area contributed by atoms with Gasteiger partial charge in [-0.1, -0.05) is 60.7 Å². The van der Waals surface area contributed by atoms with E-state index in [9.17, 15) is 24.3 Å².